The van der Waals surface area contributed by atoms with Gasteiger partial charge in [0.15, 0.2) is 5.75 Å². The molecule has 2 N–H and O–H groups in total. The van der Waals surface area contributed by atoms with Gasteiger partial charge in [-0.25, -0.2) is 0 Å². The van der Waals surface area contributed by atoms with Crippen molar-refractivity contribution in [3.63, 3.8) is 0 Å². The van der Waals surface area contributed by atoms with Crippen LogP contribution in [0, 0.1) is 0 Å². The molecule has 0 saturated carbocycles. The summed E-state index contributed by atoms with van der Waals surface area (Å²) in [6.07, 6.45) is 2.88. The zero-order chi connectivity index (χ0) is 24.8. The maximum atomic E-state index is 13.0. The maximum Gasteiger partial charge on any atom is 0.259 e. The number of carbonyl (C=O) groups is 1. The quantitative estimate of drug-likeness (QED) is 0.305. The SMILES string of the molecule is CCC(C)=c1ccccc1=C(N=Nc1c(O)c(C(=O)Nc2ccccc2)cc2ccccc12)SC. The molecule has 0 heterocycles. The van der Waals surface area contributed by atoms with E-state index in [0.29, 0.717) is 5.69 Å². The molecule has 0 radical (unpaired) electrons. The van der Waals surface area contributed by atoms with Crippen molar-refractivity contribution >= 4 is 50.4 Å². The summed E-state index contributed by atoms with van der Waals surface area (Å²) in [6.45, 7) is 4.24. The summed E-state index contributed by atoms with van der Waals surface area (Å²) in [5.74, 6) is -0.616. The molecule has 176 valence electrons. The molecule has 0 bridgehead atoms. The minimum absolute atomic E-state index is 0.141. The molecule has 0 spiro atoms. The average Bonchev–Trinajstić information content (AvgIpc) is 2.90. The summed E-state index contributed by atoms with van der Waals surface area (Å²) in [6, 6.07) is 26.4. The number of phenols is 1. The number of nitrogens with zero attached hydrogens (tertiary/aromatic N) is 2. The van der Waals surface area contributed by atoms with Crippen LogP contribution < -0.4 is 15.8 Å². The predicted molar refractivity (Wildman–Crippen MR) is 147 cm³/mol. The van der Waals surface area contributed by atoms with Gasteiger partial charge in [-0.2, -0.15) is 0 Å². The summed E-state index contributed by atoms with van der Waals surface area (Å²) < 4.78 is 0. The molecule has 4 aromatic carbocycles. The lowest BCUT2D eigenvalue weighted by molar-refractivity contribution is 0.102. The van der Waals surface area contributed by atoms with Crippen LogP contribution in [0.4, 0.5) is 11.4 Å². The van der Waals surface area contributed by atoms with Crippen molar-refractivity contribution in [3.8, 4) is 5.75 Å². The van der Waals surface area contributed by atoms with Crippen molar-refractivity contribution in [2.75, 3.05) is 11.6 Å². The Kier molecular flexibility index (Phi) is 7.63. The number of hydrogen-bond acceptors (Lipinski definition) is 5. The zero-order valence-corrected chi connectivity index (χ0v) is 20.8. The maximum absolute atomic E-state index is 13.0. The Bertz CT molecular complexity index is 1530. The fourth-order valence-corrected chi connectivity index (χ4v) is 4.36. The van der Waals surface area contributed by atoms with E-state index in [4.69, 9.17) is 0 Å². The van der Waals surface area contributed by atoms with E-state index in [1.54, 1.807) is 18.2 Å². The van der Waals surface area contributed by atoms with Crippen LogP contribution in [-0.4, -0.2) is 17.3 Å². The van der Waals surface area contributed by atoms with Crippen molar-refractivity contribution in [1.82, 2.24) is 0 Å². The molecule has 0 fully saturated rings. The highest BCUT2D eigenvalue weighted by Gasteiger charge is 2.18. The second kappa shape index (κ2) is 11.0. The molecule has 0 unspecified atom stereocenters. The standard InChI is InChI=1S/C29H27N3O2S/c1-4-19(2)22-15-10-11-17-24(22)29(35-3)32-31-26-23-16-9-8-12-20(23)18-25(27(26)33)28(34)30-21-13-6-5-7-14-21/h5-18,33H,4H2,1-3H3,(H,30,34). The molecule has 0 aliphatic heterocycles. The molecule has 1 amide bonds. The smallest absolute Gasteiger partial charge is 0.259 e. The van der Waals surface area contributed by atoms with Crippen LogP contribution in [-0.2, 0) is 0 Å². The molecular formula is C29H27N3O2S. The van der Waals surface area contributed by atoms with Gasteiger partial charge in [-0.3, -0.25) is 4.79 Å². The van der Waals surface area contributed by atoms with Gasteiger partial charge in [-0.05, 0) is 48.4 Å². The number of nitrogens with one attached hydrogen (secondary N) is 1. The summed E-state index contributed by atoms with van der Waals surface area (Å²) in [7, 11) is 0. The number of aromatic hydroxyl groups is 1. The van der Waals surface area contributed by atoms with Crippen molar-refractivity contribution < 1.29 is 9.90 Å². The highest BCUT2D eigenvalue weighted by Crippen LogP contribution is 2.39. The first kappa shape index (κ1) is 24.2. The van der Waals surface area contributed by atoms with Crippen molar-refractivity contribution in [2.45, 2.75) is 20.3 Å². The van der Waals surface area contributed by atoms with Crippen LogP contribution in [0.5, 0.6) is 5.75 Å². The number of benzene rings is 4. The zero-order valence-electron chi connectivity index (χ0n) is 19.9. The molecule has 0 atom stereocenters. The van der Waals surface area contributed by atoms with Gasteiger partial charge in [-0.15, -0.1) is 22.0 Å². The van der Waals surface area contributed by atoms with Gasteiger partial charge < -0.3 is 10.4 Å². The number of fused-ring (bicyclic) bond motifs is 1. The molecular weight excluding hydrogens is 454 g/mol. The summed E-state index contributed by atoms with van der Waals surface area (Å²) >= 11 is 1.49. The van der Waals surface area contributed by atoms with Crippen LogP contribution in [0.15, 0.2) is 95.2 Å². The van der Waals surface area contributed by atoms with E-state index >= 15 is 0 Å². The van der Waals surface area contributed by atoms with Crippen LogP contribution in [0.3, 0.4) is 0 Å². The normalized spacial score (nSPS) is 13.1. The van der Waals surface area contributed by atoms with E-state index in [1.165, 1.54) is 17.3 Å². The first-order chi connectivity index (χ1) is 17.0. The third-order valence-electron chi connectivity index (χ3n) is 5.85. The Morgan fingerprint density at radius 3 is 2.31 bits per heavy atom. The number of anilines is 1. The fraction of sp³-hybridized carbons (Fsp3) is 0.138. The largest absolute Gasteiger partial charge is 0.505 e. The van der Waals surface area contributed by atoms with Gasteiger partial charge >= 0.3 is 0 Å². The second-order valence-corrected chi connectivity index (χ2v) is 8.85. The third-order valence-corrected chi connectivity index (χ3v) is 6.54. The van der Waals surface area contributed by atoms with Gasteiger partial charge in [0.25, 0.3) is 5.91 Å². The summed E-state index contributed by atoms with van der Waals surface area (Å²) in [5, 5.41) is 27.4. The van der Waals surface area contributed by atoms with Gasteiger partial charge in [0.2, 0.25) is 0 Å². The van der Waals surface area contributed by atoms with E-state index in [9.17, 15) is 9.90 Å². The third kappa shape index (κ3) is 5.28. The predicted octanol–water partition coefficient (Wildman–Crippen LogP) is 6.59. The Morgan fingerprint density at radius 2 is 1.60 bits per heavy atom. The Labute approximate surface area is 208 Å². The molecule has 5 nitrogen and oxygen atoms in total. The van der Waals surface area contributed by atoms with Crippen molar-refractivity contribution in [3.05, 3.63) is 101 Å². The van der Waals surface area contributed by atoms with E-state index in [0.717, 1.165) is 32.7 Å². The number of hydrogen-bond donors (Lipinski definition) is 2. The monoisotopic (exact) mass is 481 g/mol. The Morgan fingerprint density at radius 1 is 0.943 bits per heavy atom. The van der Waals surface area contributed by atoms with Gasteiger partial charge in [-0.1, -0.05) is 79.2 Å². The summed E-state index contributed by atoms with van der Waals surface area (Å²) in [5.41, 5.74) is 2.31. The highest BCUT2D eigenvalue weighted by molar-refractivity contribution is 8.07. The molecule has 0 aliphatic carbocycles. The van der Waals surface area contributed by atoms with E-state index < -0.39 is 5.91 Å². The summed E-state index contributed by atoms with van der Waals surface area (Å²) in [4.78, 5) is 13.0. The molecule has 6 heteroatoms. The van der Waals surface area contributed by atoms with Gasteiger partial charge in [0.1, 0.15) is 10.7 Å². The number of para-hydroxylation sites is 1. The Balaban J connectivity index is 1.87. The molecule has 0 saturated heterocycles. The van der Waals surface area contributed by atoms with Crippen LogP contribution in [0.25, 0.3) is 21.4 Å². The van der Waals surface area contributed by atoms with E-state index in [2.05, 4.69) is 35.5 Å². The molecule has 4 rings (SSSR count). The highest BCUT2D eigenvalue weighted by atomic mass is 32.2. The lowest BCUT2D eigenvalue weighted by atomic mass is 10.0. The second-order valence-electron chi connectivity index (χ2n) is 8.05. The number of carbonyl (C=O) groups excluding carboxylic acids is 1. The van der Waals surface area contributed by atoms with Crippen molar-refractivity contribution in [1.29, 1.82) is 0 Å². The number of azo groups is 1. The first-order valence-corrected chi connectivity index (χ1v) is 12.6. The topological polar surface area (TPSA) is 74.0 Å². The lowest BCUT2D eigenvalue weighted by Crippen LogP contribution is -2.27. The number of amides is 1. The van der Waals surface area contributed by atoms with E-state index in [-0.39, 0.29) is 17.0 Å². The number of thioether (sulfide) groups is 1. The van der Waals surface area contributed by atoms with Crippen LogP contribution in [0.1, 0.15) is 30.6 Å². The number of phenolic OH excluding ortho intramolecular Hbond substituents is 1. The Hall–Kier alpha value is -3.90. The minimum atomic E-state index is -0.413. The molecule has 4 aromatic rings. The fourth-order valence-electron chi connectivity index (χ4n) is 3.84. The molecule has 0 aromatic heterocycles. The van der Waals surface area contributed by atoms with E-state index in [1.807, 2.05) is 66.9 Å². The van der Waals surface area contributed by atoms with Gasteiger partial charge in [0.05, 0.1) is 5.56 Å². The van der Waals surface area contributed by atoms with Gasteiger partial charge in [0, 0.05) is 16.3 Å². The van der Waals surface area contributed by atoms with Crippen LogP contribution in [0.2, 0.25) is 0 Å². The minimum Gasteiger partial charge on any atom is -0.505 e. The number of rotatable bonds is 6. The molecule has 35 heavy (non-hydrogen) atoms. The van der Waals surface area contributed by atoms with Crippen LogP contribution >= 0.6 is 11.8 Å². The average molecular weight is 482 g/mol. The lowest BCUT2D eigenvalue weighted by Gasteiger charge is -2.11. The first-order valence-electron chi connectivity index (χ1n) is 11.4. The molecule has 0 aliphatic rings. The van der Waals surface area contributed by atoms with Crippen molar-refractivity contribution in [2.24, 2.45) is 10.2 Å².